The van der Waals surface area contributed by atoms with Gasteiger partial charge in [-0.05, 0) is 49.8 Å². The largest absolute Gasteiger partial charge is 0.335 e. The van der Waals surface area contributed by atoms with E-state index in [-0.39, 0.29) is 5.57 Å². The van der Waals surface area contributed by atoms with Crippen LogP contribution in [0.3, 0.4) is 0 Å². The van der Waals surface area contributed by atoms with E-state index in [9.17, 15) is 14.4 Å². The summed E-state index contributed by atoms with van der Waals surface area (Å²) in [4.78, 5) is 39.6. The Balaban J connectivity index is 2.02. The van der Waals surface area contributed by atoms with Crippen LogP contribution in [0, 0.1) is 13.8 Å². The summed E-state index contributed by atoms with van der Waals surface area (Å²) in [6.45, 7) is 3.81. The normalized spacial score (nSPS) is 16.9. The number of imide groups is 2. The molecule has 6 heteroatoms. The lowest BCUT2D eigenvalue weighted by molar-refractivity contribution is -0.122. The van der Waals surface area contributed by atoms with Crippen LogP contribution in [0.5, 0.6) is 0 Å². The zero-order valence-corrected chi connectivity index (χ0v) is 13.4. The Hall–Kier alpha value is -2.73. The van der Waals surface area contributed by atoms with Gasteiger partial charge in [0.05, 0.1) is 5.69 Å². The van der Waals surface area contributed by atoms with Crippen LogP contribution in [0.15, 0.2) is 42.0 Å². The topological polar surface area (TPSA) is 66.5 Å². The van der Waals surface area contributed by atoms with Crippen LogP contribution < -0.4 is 10.2 Å². The van der Waals surface area contributed by atoms with Crippen molar-refractivity contribution < 1.29 is 14.4 Å². The molecule has 0 unspecified atom stereocenters. The lowest BCUT2D eigenvalue weighted by Gasteiger charge is -2.26. The molecule has 2 heterocycles. The maximum atomic E-state index is 12.6. The van der Waals surface area contributed by atoms with Crippen molar-refractivity contribution >= 4 is 40.9 Å². The fourth-order valence-corrected chi connectivity index (χ4v) is 3.15. The van der Waals surface area contributed by atoms with E-state index in [4.69, 9.17) is 0 Å². The smallest absolute Gasteiger partial charge is 0.273 e. The lowest BCUT2D eigenvalue weighted by atomic mass is 10.1. The predicted molar refractivity (Wildman–Crippen MR) is 89.2 cm³/mol. The van der Waals surface area contributed by atoms with Gasteiger partial charge in [-0.1, -0.05) is 12.1 Å². The van der Waals surface area contributed by atoms with Crippen molar-refractivity contribution in [1.29, 1.82) is 0 Å². The summed E-state index contributed by atoms with van der Waals surface area (Å²) in [7, 11) is 0. The first-order valence-corrected chi connectivity index (χ1v) is 7.82. The minimum atomic E-state index is -0.731. The minimum Gasteiger partial charge on any atom is -0.273 e. The lowest BCUT2D eigenvalue weighted by Crippen LogP contribution is -2.54. The van der Waals surface area contributed by atoms with E-state index >= 15 is 0 Å². The zero-order valence-electron chi connectivity index (χ0n) is 12.6. The van der Waals surface area contributed by atoms with Gasteiger partial charge in [-0.15, -0.1) is 11.3 Å². The number of amides is 4. The number of nitrogens with one attached hydrogen (secondary N) is 1. The Labute approximate surface area is 137 Å². The van der Waals surface area contributed by atoms with Crippen molar-refractivity contribution in [2.45, 2.75) is 13.8 Å². The van der Waals surface area contributed by atoms with Gasteiger partial charge in [0.25, 0.3) is 11.8 Å². The molecule has 1 fully saturated rings. The van der Waals surface area contributed by atoms with Gasteiger partial charge in [0.1, 0.15) is 5.57 Å². The van der Waals surface area contributed by atoms with E-state index in [2.05, 4.69) is 5.32 Å². The third-order valence-corrected chi connectivity index (χ3v) is 4.36. The first-order valence-electron chi connectivity index (χ1n) is 7.00. The fraction of sp³-hybridized carbons (Fsp3) is 0.118. The SMILES string of the molecule is Cc1cccc(N2C(=O)NC(=O)C(=Cc3ccc(C)s3)C2=O)c1. The quantitative estimate of drug-likeness (QED) is 0.681. The molecule has 1 aliphatic heterocycles. The van der Waals surface area contributed by atoms with E-state index in [1.807, 2.05) is 32.0 Å². The van der Waals surface area contributed by atoms with Crippen molar-refractivity contribution in [2.75, 3.05) is 4.90 Å². The molecule has 1 saturated heterocycles. The van der Waals surface area contributed by atoms with Crippen LogP contribution in [0.2, 0.25) is 0 Å². The number of benzene rings is 1. The van der Waals surface area contributed by atoms with Crippen molar-refractivity contribution in [2.24, 2.45) is 0 Å². The van der Waals surface area contributed by atoms with Crippen molar-refractivity contribution in [3.8, 4) is 0 Å². The van der Waals surface area contributed by atoms with Crippen molar-refractivity contribution in [3.63, 3.8) is 0 Å². The summed E-state index contributed by atoms with van der Waals surface area (Å²) in [5.74, 6) is -1.29. The Morgan fingerprint density at radius 3 is 2.52 bits per heavy atom. The van der Waals surface area contributed by atoms with Crippen LogP contribution in [0.25, 0.3) is 6.08 Å². The summed E-state index contributed by atoms with van der Waals surface area (Å²) >= 11 is 1.47. The Morgan fingerprint density at radius 2 is 1.87 bits per heavy atom. The number of aryl methyl sites for hydroxylation is 2. The molecule has 5 nitrogen and oxygen atoms in total. The minimum absolute atomic E-state index is 0.0482. The highest BCUT2D eigenvalue weighted by Gasteiger charge is 2.36. The predicted octanol–water partition coefficient (Wildman–Crippen LogP) is 3.03. The second-order valence-corrected chi connectivity index (χ2v) is 6.56. The molecule has 0 bridgehead atoms. The molecular formula is C17H14N2O3S. The Morgan fingerprint density at radius 1 is 1.09 bits per heavy atom. The van der Waals surface area contributed by atoms with E-state index in [1.165, 1.54) is 17.4 Å². The molecule has 1 aliphatic rings. The zero-order chi connectivity index (χ0) is 16.6. The monoisotopic (exact) mass is 326 g/mol. The summed E-state index contributed by atoms with van der Waals surface area (Å²) in [6, 6.07) is 10.0. The number of rotatable bonds is 2. The second kappa shape index (κ2) is 5.81. The summed E-state index contributed by atoms with van der Waals surface area (Å²) in [5, 5.41) is 2.22. The summed E-state index contributed by atoms with van der Waals surface area (Å²) in [5.41, 5.74) is 1.31. The fourth-order valence-electron chi connectivity index (χ4n) is 2.33. The van der Waals surface area contributed by atoms with E-state index in [1.54, 1.807) is 18.2 Å². The number of urea groups is 1. The number of hydrogen-bond donors (Lipinski definition) is 1. The highest BCUT2D eigenvalue weighted by atomic mass is 32.1. The number of carbonyl (C=O) groups excluding carboxylic acids is 3. The maximum absolute atomic E-state index is 12.6. The number of nitrogens with zero attached hydrogens (tertiary/aromatic N) is 1. The van der Waals surface area contributed by atoms with Crippen LogP contribution in [0.4, 0.5) is 10.5 Å². The first-order chi connectivity index (χ1) is 11.0. The highest BCUT2D eigenvalue weighted by Crippen LogP contribution is 2.24. The number of hydrogen-bond acceptors (Lipinski definition) is 4. The molecule has 0 saturated carbocycles. The van der Waals surface area contributed by atoms with Crippen LogP contribution >= 0.6 is 11.3 Å². The third kappa shape index (κ3) is 2.93. The molecule has 1 aromatic heterocycles. The number of thiophene rings is 1. The molecule has 0 aliphatic carbocycles. The van der Waals surface area contributed by atoms with Gasteiger partial charge in [0.15, 0.2) is 0 Å². The van der Waals surface area contributed by atoms with Gasteiger partial charge in [-0.2, -0.15) is 0 Å². The standard InChI is InChI=1S/C17H14N2O3S/c1-10-4-3-5-12(8-10)19-16(21)14(15(20)18-17(19)22)9-13-7-6-11(2)23-13/h3-9H,1-2H3,(H,18,20,22). The average molecular weight is 326 g/mol. The number of carbonyl (C=O) groups is 3. The first kappa shape index (κ1) is 15.2. The molecule has 0 atom stereocenters. The van der Waals surface area contributed by atoms with E-state index in [0.29, 0.717) is 5.69 Å². The number of barbiturate groups is 1. The van der Waals surface area contributed by atoms with E-state index < -0.39 is 17.8 Å². The molecule has 0 radical (unpaired) electrons. The van der Waals surface area contributed by atoms with Crippen LogP contribution in [0.1, 0.15) is 15.3 Å². The van der Waals surface area contributed by atoms with Crippen molar-refractivity contribution in [3.05, 3.63) is 57.3 Å². The summed E-state index contributed by atoms with van der Waals surface area (Å²) in [6.07, 6.45) is 1.52. The van der Waals surface area contributed by atoms with Crippen LogP contribution in [-0.2, 0) is 9.59 Å². The van der Waals surface area contributed by atoms with Gasteiger partial charge < -0.3 is 0 Å². The molecule has 3 rings (SSSR count). The van der Waals surface area contributed by atoms with Gasteiger partial charge in [0, 0.05) is 9.75 Å². The molecule has 2 aromatic rings. The highest BCUT2D eigenvalue weighted by molar-refractivity contribution is 7.12. The molecule has 1 N–H and O–H groups in total. The molecule has 0 spiro atoms. The molecule has 1 aromatic carbocycles. The Bertz CT molecular complexity index is 851. The molecule has 4 amide bonds. The van der Waals surface area contributed by atoms with E-state index in [0.717, 1.165) is 20.2 Å². The second-order valence-electron chi connectivity index (χ2n) is 5.25. The molecule has 23 heavy (non-hydrogen) atoms. The van der Waals surface area contributed by atoms with Crippen LogP contribution in [-0.4, -0.2) is 17.8 Å². The van der Waals surface area contributed by atoms with Gasteiger partial charge in [0.2, 0.25) is 0 Å². The van der Waals surface area contributed by atoms with Gasteiger partial charge in [-0.25, -0.2) is 9.69 Å². The molecular weight excluding hydrogens is 312 g/mol. The number of anilines is 1. The van der Waals surface area contributed by atoms with Gasteiger partial charge >= 0.3 is 6.03 Å². The average Bonchev–Trinajstić information content (AvgIpc) is 2.89. The molecule has 116 valence electrons. The van der Waals surface area contributed by atoms with Gasteiger partial charge in [-0.3, -0.25) is 14.9 Å². The maximum Gasteiger partial charge on any atom is 0.335 e. The summed E-state index contributed by atoms with van der Waals surface area (Å²) < 4.78 is 0. The third-order valence-electron chi connectivity index (χ3n) is 3.41. The van der Waals surface area contributed by atoms with Crippen molar-refractivity contribution in [1.82, 2.24) is 5.32 Å². The Kier molecular flexibility index (Phi) is 3.83.